The van der Waals surface area contributed by atoms with Crippen molar-refractivity contribution in [3.63, 3.8) is 0 Å². The van der Waals surface area contributed by atoms with Gasteiger partial charge in [-0.3, -0.25) is 4.79 Å². The van der Waals surface area contributed by atoms with Crippen LogP contribution in [0.1, 0.15) is 40.9 Å². The number of hydrogen-bond donors (Lipinski definition) is 2. The molecule has 1 amide bonds. The highest BCUT2D eigenvalue weighted by molar-refractivity contribution is 5.94. The lowest BCUT2D eigenvalue weighted by Crippen LogP contribution is -2.33. The SMILES string of the molecule is Cc1ccc2nc(COc3cccc(C(=O)NCCC4CCCNC4)c3)cn2c1. The van der Waals surface area contributed by atoms with Crippen LogP contribution in [0, 0.1) is 12.8 Å². The lowest BCUT2D eigenvalue weighted by atomic mass is 9.96. The van der Waals surface area contributed by atoms with Crippen molar-refractivity contribution >= 4 is 11.6 Å². The summed E-state index contributed by atoms with van der Waals surface area (Å²) in [6, 6.07) is 11.4. The smallest absolute Gasteiger partial charge is 0.251 e. The van der Waals surface area contributed by atoms with Gasteiger partial charge in [0, 0.05) is 24.5 Å². The normalized spacial score (nSPS) is 16.7. The first kappa shape index (κ1) is 19.5. The number of nitrogens with zero attached hydrogens (tertiary/aromatic N) is 2. The summed E-state index contributed by atoms with van der Waals surface area (Å²) in [6.45, 7) is 5.29. The van der Waals surface area contributed by atoms with Crippen LogP contribution >= 0.6 is 0 Å². The minimum atomic E-state index is -0.0533. The molecule has 3 aromatic rings. The molecule has 1 unspecified atom stereocenters. The molecule has 6 nitrogen and oxygen atoms in total. The molecule has 2 N–H and O–H groups in total. The van der Waals surface area contributed by atoms with E-state index >= 15 is 0 Å². The summed E-state index contributed by atoms with van der Waals surface area (Å²) in [4.78, 5) is 17.0. The van der Waals surface area contributed by atoms with Crippen LogP contribution in [0.2, 0.25) is 0 Å². The van der Waals surface area contributed by atoms with Crippen LogP contribution in [-0.2, 0) is 6.61 Å². The average Bonchev–Trinajstić information content (AvgIpc) is 3.15. The third kappa shape index (κ3) is 5.15. The molecule has 1 fully saturated rings. The highest BCUT2D eigenvalue weighted by atomic mass is 16.5. The van der Waals surface area contributed by atoms with Crippen molar-refractivity contribution in [1.82, 2.24) is 20.0 Å². The second-order valence-corrected chi connectivity index (χ2v) is 7.78. The van der Waals surface area contributed by atoms with E-state index in [9.17, 15) is 4.79 Å². The molecule has 1 atom stereocenters. The van der Waals surface area contributed by atoms with Crippen LogP contribution in [0.25, 0.3) is 5.65 Å². The van der Waals surface area contributed by atoms with E-state index in [0.717, 1.165) is 30.9 Å². The Kier molecular flexibility index (Phi) is 6.10. The molecule has 6 heteroatoms. The number of ether oxygens (including phenoxy) is 1. The monoisotopic (exact) mass is 392 g/mol. The van der Waals surface area contributed by atoms with Gasteiger partial charge in [-0.1, -0.05) is 12.1 Å². The highest BCUT2D eigenvalue weighted by Crippen LogP contribution is 2.17. The predicted octanol–water partition coefficient (Wildman–Crippen LogP) is 3.34. The fraction of sp³-hybridized carbons (Fsp3) is 0.391. The summed E-state index contributed by atoms with van der Waals surface area (Å²) in [5.41, 5.74) is 3.55. The zero-order chi connectivity index (χ0) is 20.1. The zero-order valence-corrected chi connectivity index (χ0v) is 16.9. The van der Waals surface area contributed by atoms with Crippen LogP contribution in [0.5, 0.6) is 5.75 Å². The standard InChI is InChI=1S/C23H28N4O2/c1-17-7-8-22-26-20(15-27(22)14-17)16-29-21-6-2-5-19(12-21)23(28)25-11-9-18-4-3-10-24-13-18/h2,5-8,12,14-15,18,24H,3-4,9-11,13,16H2,1H3,(H,25,28). The van der Waals surface area contributed by atoms with Gasteiger partial charge < -0.3 is 19.8 Å². The quantitative estimate of drug-likeness (QED) is 0.647. The minimum absolute atomic E-state index is 0.0533. The number of carbonyl (C=O) groups excluding carboxylic acids is 1. The van der Waals surface area contributed by atoms with E-state index in [1.807, 2.05) is 47.1 Å². The second kappa shape index (κ2) is 9.09. The molecular weight excluding hydrogens is 364 g/mol. The summed E-state index contributed by atoms with van der Waals surface area (Å²) in [5.74, 6) is 1.28. The maximum absolute atomic E-state index is 12.5. The topological polar surface area (TPSA) is 67.7 Å². The molecule has 1 saturated heterocycles. The number of piperidine rings is 1. The van der Waals surface area contributed by atoms with E-state index in [1.54, 1.807) is 6.07 Å². The molecule has 1 aliphatic heterocycles. The molecule has 0 aliphatic carbocycles. The van der Waals surface area contributed by atoms with Gasteiger partial charge in [-0.2, -0.15) is 0 Å². The van der Waals surface area contributed by atoms with Gasteiger partial charge in [0.05, 0.1) is 5.69 Å². The van der Waals surface area contributed by atoms with E-state index in [1.165, 1.54) is 18.4 Å². The van der Waals surface area contributed by atoms with Crippen molar-refractivity contribution in [2.45, 2.75) is 32.8 Å². The second-order valence-electron chi connectivity index (χ2n) is 7.78. The predicted molar refractivity (Wildman–Crippen MR) is 113 cm³/mol. The molecule has 4 rings (SSSR count). The number of benzene rings is 1. The summed E-state index contributed by atoms with van der Waals surface area (Å²) in [7, 11) is 0. The van der Waals surface area contributed by atoms with E-state index in [0.29, 0.717) is 30.4 Å². The van der Waals surface area contributed by atoms with Gasteiger partial charge in [-0.15, -0.1) is 0 Å². The van der Waals surface area contributed by atoms with Crippen molar-refractivity contribution in [2.75, 3.05) is 19.6 Å². The fourth-order valence-corrected chi connectivity index (χ4v) is 3.77. The van der Waals surface area contributed by atoms with Gasteiger partial charge in [0.25, 0.3) is 5.91 Å². The van der Waals surface area contributed by atoms with Crippen molar-refractivity contribution in [3.8, 4) is 5.75 Å². The van der Waals surface area contributed by atoms with Gasteiger partial charge in [-0.05, 0) is 75.0 Å². The van der Waals surface area contributed by atoms with Gasteiger partial charge in [-0.25, -0.2) is 4.98 Å². The Morgan fingerprint density at radius 1 is 1.31 bits per heavy atom. The van der Waals surface area contributed by atoms with Gasteiger partial charge in [0.15, 0.2) is 0 Å². The number of imidazole rings is 1. The molecule has 29 heavy (non-hydrogen) atoms. The number of carbonyl (C=O) groups is 1. The van der Waals surface area contributed by atoms with E-state index in [-0.39, 0.29) is 5.91 Å². The van der Waals surface area contributed by atoms with E-state index in [4.69, 9.17) is 4.74 Å². The Labute approximate surface area is 171 Å². The summed E-state index contributed by atoms with van der Waals surface area (Å²) in [6.07, 6.45) is 7.50. The Morgan fingerprint density at radius 2 is 2.24 bits per heavy atom. The molecule has 1 aliphatic rings. The van der Waals surface area contributed by atoms with E-state index in [2.05, 4.69) is 22.5 Å². The molecule has 0 saturated carbocycles. The van der Waals surface area contributed by atoms with Crippen molar-refractivity contribution in [2.24, 2.45) is 5.92 Å². The van der Waals surface area contributed by atoms with Crippen LogP contribution in [0.3, 0.4) is 0 Å². The average molecular weight is 393 g/mol. The molecule has 152 valence electrons. The Morgan fingerprint density at radius 3 is 3.10 bits per heavy atom. The zero-order valence-electron chi connectivity index (χ0n) is 16.9. The minimum Gasteiger partial charge on any atom is -0.487 e. The molecule has 0 spiro atoms. The number of pyridine rings is 1. The summed E-state index contributed by atoms with van der Waals surface area (Å²) < 4.78 is 7.88. The number of fused-ring (bicyclic) bond motifs is 1. The van der Waals surface area contributed by atoms with Crippen LogP contribution in [0.15, 0.2) is 48.8 Å². The Balaban J connectivity index is 1.30. The van der Waals surface area contributed by atoms with Crippen LogP contribution in [-0.4, -0.2) is 34.9 Å². The van der Waals surface area contributed by atoms with Crippen LogP contribution < -0.4 is 15.4 Å². The number of aryl methyl sites for hydroxylation is 1. The largest absolute Gasteiger partial charge is 0.487 e. The maximum atomic E-state index is 12.5. The van der Waals surface area contributed by atoms with Crippen molar-refractivity contribution in [1.29, 1.82) is 0 Å². The summed E-state index contributed by atoms with van der Waals surface area (Å²) >= 11 is 0. The molecule has 3 heterocycles. The highest BCUT2D eigenvalue weighted by Gasteiger charge is 2.13. The molecule has 1 aromatic carbocycles. The molecular formula is C23H28N4O2. The maximum Gasteiger partial charge on any atom is 0.251 e. The van der Waals surface area contributed by atoms with Crippen LogP contribution in [0.4, 0.5) is 0 Å². The number of hydrogen-bond acceptors (Lipinski definition) is 4. The third-order valence-corrected chi connectivity index (χ3v) is 5.37. The molecule has 0 radical (unpaired) electrons. The van der Waals surface area contributed by atoms with Crippen molar-refractivity contribution < 1.29 is 9.53 Å². The van der Waals surface area contributed by atoms with Gasteiger partial charge in [0.2, 0.25) is 0 Å². The number of amides is 1. The Hall–Kier alpha value is -2.86. The Bertz CT molecular complexity index is 976. The summed E-state index contributed by atoms with van der Waals surface area (Å²) in [5, 5.41) is 6.45. The van der Waals surface area contributed by atoms with Gasteiger partial charge >= 0.3 is 0 Å². The van der Waals surface area contributed by atoms with E-state index < -0.39 is 0 Å². The third-order valence-electron chi connectivity index (χ3n) is 5.37. The first-order chi connectivity index (χ1) is 14.2. The first-order valence-electron chi connectivity index (χ1n) is 10.3. The molecule has 0 bridgehead atoms. The number of rotatable bonds is 7. The fourth-order valence-electron chi connectivity index (χ4n) is 3.77. The molecule has 2 aromatic heterocycles. The lowest BCUT2D eigenvalue weighted by molar-refractivity contribution is 0.0950. The van der Waals surface area contributed by atoms with Crippen molar-refractivity contribution in [3.05, 3.63) is 65.6 Å². The van der Waals surface area contributed by atoms with Gasteiger partial charge in [0.1, 0.15) is 18.0 Å². The number of nitrogens with one attached hydrogen (secondary N) is 2. The number of aromatic nitrogens is 2. The lowest BCUT2D eigenvalue weighted by Gasteiger charge is -2.22. The first-order valence-corrected chi connectivity index (χ1v) is 10.3.